The van der Waals surface area contributed by atoms with Gasteiger partial charge in [-0.15, -0.1) is 12.4 Å². The van der Waals surface area contributed by atoms with Crippen LogP contribution < -0.4 is 10.6 Å². The smallest absolute Gasteiger partial charge is 0.321 e. The lowest BCUT2D eigenvalue weighted by Gasteiger charge is -2.25. The second kappa shape index (κ2) is 12.3. The normalized spacial score (nSPS) is 17.3. The number of likely N-dealkylation sites (tertiary alicyclic amines) is 1. The maximum absolute atomic E-state index is 12.1. The molecule has 1 aromatic carbocycles. The highest BCUT2D eigenvalue weighted by molar-refractivity contribution is 5.95. The van der Waals surface area contributed by atoms with Crippen LogP contribution in [0.3, 0.4) is 0 Å². The number of urea groups is 1. The van der Waals surface area contributed by atoms with Crippen LogP contribution in [0.5, 0.6) is 0 Å². The van der Waals surface area contributed by atoms with E-state index in [1.807, 2.05) is 47.2 Å². The van der Waals surface area contributed by atoms with E-state index in [0.717, 1.165) is 31.4 Å². The predicted octanol–water partition coefficient (Wildman–Crippen LogP) is 1.31. The van der Waals surface area contributed by atoms with Gasteiger partial charge < -0.3 is 10.4 Å². The van der Waals surface area contributed by atoms with Gasteiger partial charge in [0.15, 0.2) is 0 Å². The van der Waals surface area contributed by atoms with Crippen molar-refractivity contribution in [3.05, 3.63) is 35.9 Å². The van der Waals surface area contributed by atoms with Gasteiger partial charge in [0.05, 0.1) is 13.1 Å². The van der Waals surface area contributed by atoms with Crippen molar-refractivity contribution in [1.82, 2.24) is 20.4 Å². The van der Waals surface area contributed by atoms with Crippen molar-refractivity contribution >= 4 is 30.3 Å². The van der Waals surface area contributed by atoms with Gasteiger partial charge >= 0.3 is 12.0 Å². The lowest BCUT2D eigenvalue weighted by atomic mass is 10.1. The van der Waals surface area contributed by atoms with Crippen molar-refractivity contribution in [1.29, 1.82) is 0 Å². The number of carbonyl (C=O) groups excluding carboxylic acids is 2. The average molecular weight is 413 g/mol. The zero-order chi connectivity index (χ0) is 19.6. The number of benzene rings is 1. The number of carbonyl (C=O) groups is 3. The fourth-order valence-electron chi connectivity index (χ4n) is 3.27. The Morgan fingerprint density at radius 2 is 1.89 bits per heavy atom. The fraction of sp³-hybridized carbons (Fsp3) is 0.526. The number of carboxylic acid groups (broad SMARTS) is 1. The largest absolute Gasteiger partial charge is 0.480 e. The molecular weight excluding hydrogens is 384 g/mol. The molecule has 1 fully saturated rings. The molecule has 0 aliphatic carbocycles. The van der Waals surface area contributed by atoms with E-state index < -0.39 is 12.0 Å². The number of carboxylic acids is 1. The maximum Gasteiger partial charge on any atom is 0.321 e. The summed E-state index contributed by atoms with van der Waals surface area (Å²) in [6, 6.07) is 9.18. The molecule has 1 heterocycles. The zero-order valence-corrected chi connectivity index (χ0v) is 16.9. The van der Waals surface area contributed by atoms with Crippen LogP contribution in [0, 0.1) is 0 Å². The quantitative estimate of drug-likeness (QED) is 0.624. The number of nitrogens with one attached hydrogen (secondary N) is 2. The monoisotopic (exact) mass is 412 g/mol. The van der Waals surface area contributed by atoms with Crippen LogP contribution in [-0.2, 0) is 16.1 Å². The molecule has 0 aromatic heterocycles. The first-order valence-electron chi connectivity index (χ1n) is 9.20. The molecule has 28 heavy (non-hydrogen) atoms. The molecule has 0 spiro atoms. The fourth-order valence-corrected chi connectivity index (χ4v) is 3.27. The summed E-state index contributed by atoms with van der Waals surface area (Å²) in [6.45, 7) is 2.01. The third kappa shape index (κ3) is 8.69. The van der Waals surface area contributed by atoms with E-state index in [1.54, 1.807) is 0 Å². The van der Waals surface area contributed by atoms with E-state index in [9.17, 15) is 14.4 Å². The van der Waals surface area contributed by atoms with E-state index in [0.29, 0.717) is 13.1 Å². The van der Waals surface area contributed by atoms with Gasteiger partial charge in [-0.05, 0) is 38.4 Å². The lowest BCUT2D eigenvalue weighted by Crippen LogP contribution is -2.44. The summed E-state index contributed by atoms with van der Waals surface area (Å²) in [5.41, 5.74) is 0.962. The van der Waals surface area contributed by atoms with Gasteiger partial charge in [-0.2, -0.15) is 0 Å². The Labute approximate surface area is 171 Å². The summed E-state index contributed by atoms with van der Waals surface area (Å²) in [5.74, 6) is -1.17. The maximum atomic E-state index is 12.1. The molecule has 9 heteroatoms. The Morgan fingerprint density at radius 1 is 1.18 bits per heavy atom. The summed E-state index contributed by atoms with van der Waals surface area (Å²) in [7, 11) is 1.82. The summed E-state index contributed by atoms with van der Waals surface area (Å²) >= 11 is 0. The number of likely N-dealkylation sites (N-methyl/N-ethyl adjacent to an activating group) is 1. The Morgan fingerprint density at radius 3 is 2.57 bits per heavy atom. The highest BCUT2D eigenvalue weighted by Crippen LogP contribution is 2.15. The van der Waals surface area contributed by atoms with Crippen molar-refractivity contribution in [3.63, 3.8) is 0 Å². The van der Waals surface area contributed by atoms with Crippen molar-refractivity contribution in [3.8, 4) is 0 Å². The minimum Gasteiger partial charge on any atom is -0.480 e. The van der Waals surface area contributed by atoms with Gasteiger partial charge in [0, 0.05) is 19.1 Å². The molecule has 0 saturated carbocycles. The first-order valence-corrected chi connectivity index (χ1v) is 9.20. The van der Waals surface area contributed by atoms with Gasteiger partial charge in [0.2, 0.25) is 5.91 Å². The molecule has 8 nitrogen and oxygen atoms in total. The number of amides is 3. The SMILES string of the molecule is CN(CC(=O)O)C1CCCN(CC(=O)NC(=O)NCc2ccccc2)CC1.Cl. The molecule has 1 unspecified atom stereocenters. The third-order valence-corrected chi connectivity index (χ3v) is 4.71. The van der Waals surface area contributed by atoms with E-state index in [4.69, 9.17) is 5.11 Å². The van der Waals surface area contributed by atoms with Crippen LogP contribution in [0.1, 0.15) is 24.8 Å². The van der Waals surface area contributed by atoms with Crippen LogP contribution >= 0.6 is 12.4 Å². The molecule has 2 rings (SSSR count). The Kier molecular flexibility index (Phi) is 10.5. The van der Waals surface area contributed by atoms with Crippen molar-refractivity contribution < 1.29 is 19.5 Å². The average Bonchev–Trinajstić information content (AvgIpc) is 2.86. The molecule has 1 saturated heterocycles. The molecular formula is C19H29ClN4O4. The minimum atomic E-state index is -0.834. The van der Waals surface area contributed by atoms with Crippen LogP contribution in [0.25, 0.3) is 0 Å². The predicted molar refractivity (Wildman–Crippen MR) is 108 cm³/mol. The number of imide groups is 1. The van der Waals surface area contributed by atoms with Gasteiger partial charge in [-0.3, -0.25) is 24.7 Å². The first kappa shape index (κ1) is 23.9. The van der Waals surface area contributed by atoms with E-state index in [1.165, 1.54) is 0 Å². The highest BCUT2D eigenvalue weighted by Gasteiger charge is 2.23. The van der Waals surface area contributed by atoms with Gasteiger partial charge in [-0.25, -0.2) is 4.79 Å². The molecule has 3 N–H and O–H groups in total. The van der Waals surface area contributed by atoms with Gasteiger partial charge in [0.25, 0.3) is 0 Å². The summed E-state index contributed by atoms with van der Waals surface area (Å²) < 4.78 is 0. The van der Waals surface area contributed by atoms with Gasteiger partial charge in [-0.1, -0.05) is 30.3 Å². The Balaban J connectivity index is 0.00000392. The second-order valence-electron chi connectivity index (χ2n) is 6.89. The third-order valence-electron chi connectivity index (χ3n) is 4.71. The number of halogens is 1. The number of hydrogen-bond acceptors (Lipinski definition) is 5. The van der Waals surface area contributed by atoms with Crippen LogP contribution in [-0.4, -0.2) is 72.1 Å². The van der Waals surface area contributed by atoms with E-state index in [2.05, 4.69) is 10.6 Å². The van der Waals surface area contributed by atoms with Crippen LogP contribution in [0.2, 0.25) is 0 Å². The highest BCUT2D eigenvalue weighted by atomic mass is 35.5. The minimum absolute atomic E-state index is 0. The number of rotatable bonds is 7. The van der Waals surface area contributed by atoms with E-state index >= 15 is 0 Å². The Bertz CT molecular complexity index is 644. The second-order valence-corrected chi connectivity index (χ2v) is 6.89. The zero-order valence-electron chi connectivity index (χ0n) is 16.1. The van der Waals surface area contributed by atoms with Crippen molar-refractivity contribution in [2.45, 2.75) is 31.8 Å². The number of nitrogens with zero attached hydrogens (tertiary/aromatic N) is 2. The lowest BCUT2D eigenvalue weighted by molar-refractivity contribution is -0.138. The molecule has 1 aliphatic rings. The van der Waals surface area contributed by atoms with Crippen molar-refractivity contribution in [2.75, 3.05) is 33.2 Å². The van der Waals surface area contributed by atoms with Crippen molar-refractivity contribution in [2.24, 2.45) is 0 Å². The topological polar surface area (TPSA) is 102 Å². The summed E-state index contributed by atoms with van der Waals surface area (Å²) in [4.78, 5) is 38.7. The first-order chi connectivity index (χ1) is 12.9. The van der Waals surface area contributed by atoms with Crippen LogP contribution in [0.15, 0.2) is 30.3 Å². The molecule has 0 bridgehead atoms. The molecule has 156 valence electrons. The molecule has 1 aliphatic heterocycles. The summed E-state index contributed by atoms with van der Waals surface area (Å²) in [5, 5.41) is 13.9. The molecule has 1 atom stereocenters. The molecule has 3 amide bonds. The standard InChI is InChI=1S/C19H28N4O4.ClH/c1-22(14-18(25)26)16-8-5-10-23(11-9-16)13-17(24)21-19(27)20-12-15-6-3-2-4-7-15;/h2-4,6-7,16H,5,8-14H2,1H3,(H,25,26)(H2,20,21,24,27);1H. The molecule has 0 radical (unpaired) electrons. The number of aliphatic carboxylic acids is 1. The van der Waals surface area contributed by atoms with Gasteiger partial charge in [0.1, 0.15) is 0 Å². The Hall–Kier alpha value is -2.16. The number of hydrogen-bond donors (Lipinski definition) is 3. The summed E-state index contributed by atoms with van der Waals surface area (Å²) in [6.07, 6.45) is 2.60. The van der Waals surface area contributed by atoms with Crippen LogP contribution in [0.4, 0.5) is 4.79 Å². The molecule has 1 aromatic rings. The van der Waals surface area contributed by atoms with E-state index in [-0.39, 0.29) is 37.4 Å².